The molecule has 3 heteroatoms. The lowest BCUT2D eigenvalue weighted by molar-refractivity contribution is -0.114. The third-order valence-electron chi connectivity index (χ3n) is 4.65. The molecule has 1 rings (SSSR count). The van der Waals surface area contributed by atoms with Crippen molar-refractivity contribution < 1.29 is 9.47 Å². The van der Waals surface area contributed by atoms with E-state index in [1.165, 1.54) is 12.8 Å². The molecule has 1 aliphatic carbocycles. The average molecular weight is 299 g/mol. The molecular formula is C18H37NO2. The van der Waals surface area contributed by atoms with E-state index >= 15 is 0 Å². The number of hydrogen-bond donors (Lipinski definition) is 1. The van der Waals surface area contributed by atoms with Crippen LogP contribution in [0.25, 0.3) is 0 Å². The van der Waals surface area contributed by atoms with Gasteiger partial charge in [0.05, 0.1) is 24.4 Å². The van der Waals surface area contributed by atoms with E-state index in [0.717, 1.165) is 25.3 Å². The number of nitrogens with one attached hydrogen (secondary N) is 1. The Bertz CT molecular complexity index is 293. The van der Waals surface area contributed by atoms with Crippen molar-refractivity contribution >= 4 is 0 Å². The van der Waals surface area contributed by atoms with E-state index in [0.29, 0.717) is 18.6 Å². The van der Waals surface area contributed by atoms with Crippen LogP contribution < -0.4 is 5.32 Å². The van der Waals surface area contributed by atoms with Gasteiger partial charge in [-0.1, -0.05) is 20.8 Å². The first-order valence-corrected chi connectivity index (χ1v) is 8.50. The van der Waals surface area contributed by atoms with Crippen molar-refractivity contribution in [1.82, 2.24) is 5.32 Å². The van der Waals surface area contributed by atoms with Crippen molar-refractivity contribution in [2.75, 3.05) is 26.8 Å². The van der Waals surface area contributed by atoms with Gasteiger partial charge >= 0.3 is 0 Å². The van der Waals surface area contributed by atoms with Crippen LogP contribution in [0.1, 0.15) is 67.2 Å². The monoisotopic (exact) mass is 299 g/mol. The van der Waals surface area contributed by atoms with Crippen molar-refractivity contribution in [2.24, 2.45) is 11.3 Å². The lowest BCUT2D eigenvalue weighted by Gasteiger charge is -2.44. The fourth-order valence-corrected chi connectivity index (χ4v) is 3.31. The minimum absolute atomic E-state index is 0.0117. The van der Waals surface area contributed by atoms with Crippen LogP contribution in [0.2, 0.25) is 0 Å². The summed E-state index contributed by atoms with van der Waals surface area (Å²) in [7, 11) is 2.02. The molecule has 3 nitrogen and oxygen atoms in total. The van der Waals surface area contributed by atoms with E-state index in [1.807, 2.05) is 7.05 Å². The maximum absolute atomic E-state index is 6.28. The largest absolute Gasteiger partial charge is 0.373 e. The summed E-state index contributed by atoms with van der Waals surface area (Å²) < 4.78 is 12.1. The van der Waals surface area contributed by atoms with E-state index in [1.54, 1.807) is 0 Å². The number of ether oxygens (including phenoxy) is 2. The minimum atomic E-state index is -0.0799. The van der Waals surface area contributed by atoms with Gasteiger partial charge in [-0.15, -0.1) is 0 Å². The first-order chi connectivity index (χ1) is 9.58. The van der Waals surface area contributed by atoms with Gasteiger partial charge in [-0.25, -0.2) is 0 Å². The third-order valence-corrected chi connectivity index (χ3v) is 4.65. The number of hydrogen-bond acceptors (Lipinski definition) is 3. The second-order valence-corrected chi connectivity index (χ2v) is 8.66. The van der Waals surface area contributed by atoms with Crippen molar-refractivity contribution in [3.05, 3.63) is 0 Å². The number of likely N-dealkylation sites (N-methyl/N-ethyl adjacent to an activating group) is 1. The molecule has 21 heavy (non-hydrogen) atoms. The molecular weight excluding hydrogens is 262 g/mol. The fraction of sp³-hybridized carbons (Fsp3) is 1.00. The van der Waals surface area contributed by atoms with Crippen molar-refractivity contribution in [2.45, 2.75) is 78.4 Å². The second kappa shape index (κ2) is 7.43. The fourth-order valence-electron chi connectivity index (χ4n) is 3.31. The van der Waals surface area contributed by atoms with Gasteiger partial charge in [0.25, 0.3) is 0 Å². The van der Waals surface area contributed by atoms with Gasteiger partial charge in [0.15, 0.2) is 0 Å². The predicted molar refractivity (Wildman–Crippen MR) is 89.7 cm³/mol. The summed E-state index contributed by atoms with van der Waals surface area (Å²) in [6, 6.07) is 0. The molecule has 0 saturated heterocycles. The van der Waals surface area contributed by atoms with Gasteiger partial charge in [-0.2, -0.15) is 0 Å². The SMILES string of the molecule is CNCC1(OCCOC(C)(C)C)CCC(C(C)(C)C)CC1. The molecule has 0 bridgehead atoms. The van der Waals surface area contributed by atoms with Crippen LogP contribution >= 0.6 is 0 Å². The van der Waals surface area contributed by atoms with E-state index in [2.05, 4.69) is 46.9 Å². The quantitative estimate of drug-likeness (QED) is 0.752. The van der Waals surface area contributed by atoms with Gasteiger partial charge in [-0.3, -0.25) is 0 Å². The summed E-state index contributed by atoms with van der Waals surface area (Å²) in [5.41, 5.74) is 0.350. The zero-order chi connectivity index (χ0) is 16.1. The molecule has 126 valence electrons. The summed E-state index contributed by atoms with van der Waals surface area (Å²) in [5.74, 6) is 0.817. The molecule has 0 aromatic carbocycles. The number of rotatable bonds is 6. The van der Waals surface area contributed by atoms with Gasteiger partial charge in [0.1, 0.15) is 0 Å². The molecule has 0 atom stereocenters. The molecule has 1 N–H and O–H groups in total. The van der Waals surface area contributed by atoms with Crippen LogP contribution in [0.15, 0.2) is 0 Å². The lowest BCUT2D eigenvalue weighted by Crippen LogP contribution is -2.47. The van der Waals surface area contributed by atoms with E-state index in [-0.39, 0.29) is 11.2 Å². The Morgan fingerprint density at radius 3 is 2.00 bits per heavy atom. The summed E-state index contributed by atoms with van der Waals surface area (Å²) in [4.78, 5) is 0. The molecule has 1 fully saturated rings. The average Bonchev–Trinajstić information content (AvgIpc) is 2.34. The molecule has 0 amide bonds. The van der Waals surface area contributed by atoms with E-state index in [4.69, 9.17) is 9.47 Å². The highest BCUT2D eigenvalue weighted by Gasteiger charge is 2.39. The molecule has 0 unspecified atom stereocenters. The summed E-state index contributed by atoms with van der Waals surface area (Å²) in [6.07, 6.45) is 4.85. The highest BCUT2D eigenvalue weighted by molar-refractivity contribution is 4.92. The normalized spacial score (nSPS) is 27.9. The Hall–Kier alpha value is -0.120. The predicted octanol–water partition coefficient (Wildman–Crippen LogP) is 4.01. The van der Waals surface area contributed by atoms with Crippen molar-refractivity contribution in [3.63, 3.8) is 0 Å². The topological polar surface area (TPSA) is 30.5 Å². The Morgan fingerprint density at radius 2 is 1.57 bits per heavy atom. The van der Waals surface area contributed by atoms with E-state index in [9.17, 15) is 0 Å². The Labute approximate surface area is 132 Å². The maximum Gasteiger partial charge on any atom is 0.0807 e. The minimum Gasteiger partial charge on any atom is -0.373 e. The zero-order valence-electron chi connectivity index (χ0n) is 15.3. The van der Waals surface area contributed by atoms with Crippen molar-refractivity contribution in [3.8, 4) is 0 Å². The van der Waals surface area contributed by atoms with Crippen LogP contribution in [-0.4, -0.2) is 38.0 Å². The molecule has 1 aliphatic rings. The van der Waals surface area contributed by atoms with E-state index < -0.39 is 0 Å². The molecule has 0 spiro atoms. The second-order valence-electron chi connectivity index (χ2n) is 8.66. The Morgan fingerprint density at radius 1 is 1.00 bits per heavy atom. The molecule has 0 aromatic rings. The van der Waals surface area contributed by atoms with Crippen LogP contribution in [0.5, 0.6) is 0 Å². The van der Waals surface area contributed by atoms with Gasteiger partial charge in [0.2, 0.25) is 0 Å². The third kappa shape index (κ3) is 6.66. The van der Waals surface area contributed by atoms with Crippen LogP contribution in [-0.2, 0) is 9.47 Å². The summed E-state index contributed by atoms with van der Waals surface area (Å²) >= 11 is 0. The molecule has 0 heterocycles. The smallest absolute Gasteiger partial charge is 0.0807 e. The van der Waals surface area contributed by atoms with Gasteiger partial charge in [-0.05, 0) is 64.8 Å². The first-order valence-electron chi connectivity index (χ1n) is 8.50. The van der Waals surface area contributed by atoms with Crippen LogP contribution in [0.3, 0.4) is 0 Å². The summed E-state index contributed by atoms with van der Waals surface area (Å²) in [5, 5.41) is 3.32. The van der Waals surface area contributed by atoms with Gasteiger partial charge in [0, 0.05) is 6.54 Å². The van der Waals surface area contributed by atoms with Crippen molar-refractivity contribution in [1.29, 1.82) is 0 Å². The molecule has 0 aromatic heterocycles. The Balaban J connectivity index is 2.46. The summed E-state index contributed by atoms with van der Waals surface area (Å²) in [6.45, 7) is 15.7. The first kappa shape index (κ1) is 18.9. The highest BCUT2D eigenvalue weighted by Crippen LogP contribution is 2.42. The highest BCUT2D eigenvalue weighted by atomic mass is 16.5. The standard InChI is InChI=1S/C18H37NO2/c1-16(2,3)15-8-10-18(11-9-15,14-19-7)21-13-12-20-17(4,5)6/h15,19H,8-14H2,1-7H3. The molecule has 0 aliphatic heterocycles. The van der Waals surface area contributed by atoms with Crippen LogP contribution in [0.4, 0.5) is 0 Å². The maximum atomic E-state index is 6.28. The zero-order valence-corrected chi connectivity index (χ0v) is 15.3. The molecule has 0 radical (unpaired) electrons. The lowest BCUT2D eigenvalue weighted by atomic mass is 9.68. The van der Waals surface area contributed by atoms with Gasteiger partial charge < -0.3 is 14.8 Å². The molecule has 1 saturated carbocycles. The van der Waals surface area contributed by atoms with Crippen LogP contribution in [0, 0.1) is 11.3 Å². The Kier molecular flexibility index (Phi) is 6.70.